The molecule has 0 spiro atoms. The van der Waals surface area contributed by atoms with Crippen LogP contribution in [-0.4, -0.2) is 46.9 Å². The minimum Gasteiger partial charge on any atom is -0.507 e. The summed E-state index contributed by atoms with van der Waals surface area (Å²) < 4.78 is 26.7. The van der Waals surface area contributed by atoms with Gasteiger partial charge in [-0.1, -0.05) is 19.3 Å². The van der Waals surface area contributed by atoms with E-state index >= 15 is 0 Å². The number of piperidine rings is 1. The summed E-state index contributed by atoms with van der Waals surface area (Å²) >= 11 is 0. The van der Waals surface area contributed by atoms with Gasteiger partial charge in [-0.2, -0.15) is 0 Å². The first-order chi connectivity index (χ1) is 16.8. The summed E-state index contributed by atoms with van der Waals surface area (Å²) in [6.45, 7) is 1.19. The Bertz CT molecular complexity index is 1090. The summed E-state index contributed by atoms with van der Waals surface area (Å²) in [7, 11) is 0. The third kappa shape index (κ3) is 6.15. The Morgan fingerprint density at radius 3 is 2.14 bits per heavy atom. The third-order valence-electron chi connectivity index (χ3n) is 6.72. The maximum atomic E-state index is 13.3. The highest BCUT2D eigenvalue weighted by Gasteiger charge is 2.30. The van der Waals surface area contributed by atoms with E-state index in [1.54, 1.807) is 0 Å². The molecule has 2 aliphatic rings. The molecule has 3 N–H and O–H groups in total. The molecule has 2 aromatic rings. The highest BCUT2D eigenvalue weighted by molar-refractivity contribution is 6.05. The number of carbonyl (C=O) groups is 3. The average Bonchev–Trinajstić information content (AvgIpc) is 2.84. The highest BCUT2D eigenvalue weighted by Crippen LogP contribution is 2.27. The van der Waals surface area contributed by atoms with Crippen LogP contribution in [0.3, 0.4) is 0 Å². The van der Waals surface area contributed by atoms with Crippen molar-refractivity contribution in [2.24, 2.45) is 5.92 Å². The number of phenolic OH excluding ortho intramolecular Hbond substituents is 1. The van der Waals surface area contributed by atoms with Gasteiger partial charge in [0.15, 0.2) is 0 Å². The van der Waals surface area contributed by atoms with Crippen LogP contribution in [0.2, 0.25) is 0 Å². The van der Waals surface area contributed by atoms with E-state index in [1.807, 2.05) is 4.90 Å². The maximum absolute atomic E-state index is 13.3. The molecule has 2 aromatic carbocycles. The van der Waals surface area contributed by atoms with Crippen LogP contribution in [0.1, 0.15) is 65.7 Å². The minimum absolute atomic E-state index is 0.0421. The molecule has 1 saturated carbocycles. The molecule has 1 aliphatic heterocycles. The number of nitrogens with one attached hydrogen (secondary N) is 2. The molecule has 0 atom stereocenters. The lowest BCUT2D eigenvalue weighted by Gasteiger charge is -2.35. The second-order valence-corrected chi connectivity index (χ2v) is 9.25. The van der Waals surface area contributed by atoms with E-state index in [0.717, 1.165) is 37.8 Å². The Morgan fingerprint density at radius 1 is 0.857 bits per heavy atom. The van der Waals surface area contributed by atoms with Crippen molar-refractivity contribution >= 4 is 23.4 Å². The zero-order chi connectivity index (χ0) is 24.9. The molecular formula is C26H29F2N3O4. The number of amides is 3. The molecular weight excluding hydrogens is 456 g/mol. The van der Waals surface area contributed by atoms with Crippen LogP contribution in [-0.2, 0) is 4.79 Å². The van der Waals surface area contributed by atoms with E-state index in [4.69, 9.17) is 0 Å². The lowest BCUT2D eigenvalue weighted by atomic mass is 9.87. The molecule has 9 heteroatoms. The summed E-state index contributed by atoms with van der Waals surface area (Å²) in [5.41, 5.74) is 0.000818. The number of phenols is 1. The molecule has 2 fully saturated rings. The summed E-state index contributed by atoms with van der Waals surface area (Å²) in [6.07, 6.45) is 6.63. The van der Waals surface area contributed by atoms with E-state index in [0.29, 0.717) is 32.0 Å². The molecule has 7 nitrogen and oxygen atoms in total. The van der Waals surface area contributed by atoms with Crippen molar-refractivity contribution in [1.82, 2.24) is 10.2 Å². The van der Waals surface area contributed by atoms with Gasteiger partial charge in [-0.05, 0) is 49.9 Å². The van der Waals surface area contributed by atoms with E-state index < -0.39 is 23.4 Å². The summed E-state index contributed by atoms with van der Waals surface area (Å²) in [4.78, 5) is 39.6. The molecule has 4 rings (SSSR count). The van der Waals surface area contributed by atoms with Crippen LogP contribution in [0.15, 0.2) is 36.4 Å². The van der Waals surface area contributed by atoms with Gasteiger partial charge in [0.25, 0.3) is 11.8 Å². The first-order valence-corrected chi connectivity index (χ1v) is 12.0. The maximum Gasteiger partial charge on any atom is 0.255 e. The van der Waals surface area contributed by atoms with Gasteiger partial charge in [0.05, 0.1) is 5.56 Å². The highest BCUT2D eigenvalue weighted by atomic mass is 19.1. The molecule has 1 aliphatic carbocycles. The van der Waals surface area contributed by atoms with E-state index in [9.17, 15) is 28.3 Å². The Hall–Kier alpha value is -3.49. The molecule has 0 aromatic heterocycles. The van der Waals surface area contributed by atoms with E-state index in [1.165, 1.54) is 24.6 Å². The normalized spacial score (nSPS) is 17.1. The van der Waals surface area contributed by atoms with Crippen LogP contribution >= 0.6 is 0 Å². The number of anilines is 1. The number of hydrogen-bond donors (Lipinski definition) is 3. The summed E-state index contributed by atoms with van der Waals surface area (Å²) in [5.74, 6) is -2.95. The van der Waals surface area contributed by atoms with Crippen molar-refractivity contribution in [2.45, 2.75) is 51.0 Å². The molecule has 1 heterocycles. The van der Waals surface area contributed by atoms with Gasteiger partial charge in [0, 0.05) is 48.4 Å². The number of nitrogens with zero attached hydrogens (tertiary/aromatic N) is 1. The first kappa shape index (κ1) is 24.6. The number of benzene rings is 2. The predicted octanol–water partition coefficient (Wildman–Crippen LogP) is 4.22. The van der Waals surface area contributed by atoms with Gasteiger partial charge in [-0.25, -0.2) is 8.78 Å². The second-order valence-electron chi connectivity index (χ2n) is 9.25. The summed E-state index contributed by atoms with van der Waals surface area (Å²) in [5, 5.41) is 15.7. The topological polar surface area (TPSA) is 98.7 Å². The molecule has 3 amide bonds. The van der Waals surface area contributed by atoms with Gasteiger partial charge in [-0.3, -0.25) is 14.4 Å². The van der Waals surface area contributed by atoms with Crippen LogP contribution in [0, 0.1) is 17.6 Å². The number of carbonyl (C=O) groups excluding carboxylic acids is 3. The molecule has 35 heavy (non-hydrogen) atoms. The zero-order valence-corrected chi connectivity index (χ0v) is 19.4. The number of aromatic hydroxyl groups is 1. The van der Waals surface area contributed by atoms with Gasteiger partial charge < -0.3 is 20.6 Å². The number of rotatable bonds is 5. The van der Waals surface area contributed by atoms with Gasteiger partial charge in [0.2, 0.25) is 5.91 Å². The largest absolute Gasteiger partial charge is 0.507 e. The van der Waals surface area contributed by atoms with Crippen LogP contribution in [0.5, 0.6) is 5.75 Å². The lowest BCUT2D eigenvalue weighted by Crippen LogP contribution is -2.48. The Balaban J connectivity index is 1.30. The summed E-state index contributed by atoms with van der Waals surface area (Å²) in [6, 6.07) is 6.34. The molecule has 0 unspecified atom stereocenters. The van der Waals surface area contributed by atoms with Crippen LogP contribution in [0.4, 0.5) is 14.5 Å². The number of hydrogen-bond acceptors (Lipinski definition) is 4. The lowest BCUT2D eigenvalue weighted by molar-refractivity contribution is -0.137. The third-order valence-corrected chi connectivity index (χ3v) is 6.72. The SMILES string of the molecule is O=C(Nc1ccc(C(=O)NC2CCN(C(=O)C3CCCCC3)CC2)c(O)c1)c1cc(F)cc(F)c1. The van der Waals surface area contributed by atoms with Crippen molar-refractivity contribution < 1.29 is 28.3 Å². The fourth-order valence-electron chi connectivity index (χ4n) is 4.80. The van der Waals surface area contributed by atoms with Gasteiger partial charge in [-0.15, -0.1) is 0 Å². The standard InChI is InChI=1S/C26H29F2N3O4/c27-18-12-17(13-19(28)14-18)24(33)30-21-6-7-22(23(32)15-21)25(34)29-20-8-10-31(11-9-20)26(35)16-4-2-1-3-5-16/h6-7,12-16,20,32H,1-5,8-11H2,(H,29,34)(H,30,33). The fourth-order valence-corrected chi connectivity index (χ4v) is 4.80. The monoisotopic (exact) mass is 485 g/mol. The predicted molar refractivity (Wildman–Crippen MR) is 126 cm³/mol. The van der Waals surface area contributed by atoms with Crippen LogP contribution < -0.4 is 10.6 Å². The Morgan fingerprint density at radius 2 is 1.51 bits per heavy atom. The van der Waals surface area contributed by atoms with Gasteiger partial charge in [0.1, 0.15) is 17.4 Å². The second kappa shape index (κ2) is 10.8. The van der Waals surface area contributed by atoms with Crippen molar-refractivity contribution in [1.29, 1.82) is 0 Å². The van der Waals surface area contributed by atoms with Crippen molar-refractivity contribution in [3.05, 3.63) is 59.2 Å². The molecule has 186 valence electrons. The molecule has 0 radical (unpaired) electrons. The molecule has 1 saturated heterocycles. The van der Waals surface area contributed by atoms with Crippen molar-refractivity contribution in [3.63, 3.8) is 0 Å². The smallest absolute Gasteiger partial charge is 0.255 e. The minimum atomic E-state index is -0.880. The fraction of sp³-hybridized carbons (Fsp3) is 0.423. The van der Waals surface area contributed by atoms with Crippen molar-refractivity contribution in [2.75, 3.05) is 18.4 Å². The molecule has 0 bridgehead atoms. The van der Waals surface area contributed by atoms with E-state index in [-0.39, 0.29) is 40.4 Å². The Labute approximate surface area is 202 Å². The quantitative estimate of drug-likeness (QED) is 0.591. The first-order valence-electron chi connectivity index (χ1n) is 12.0. The number of halogens is 2. The average molecular weight is 486 g/mol. The van der Waals surface area contributed by atoms with Gasteiger partial charge >= 0.3 is 0 Å². The van der Waals surface area contributed by atoms with Crippen LogP contribution in [0.25, 0.3) is 0 Å². The van der Waals surface area contributed by atoms with Crippen molar-refractivity contribution in [3.8, 4) is 5.75 Å². The Kier molecular flexibility index (Phi) is 7.63. The number of likely N-dealkylation sites (tertiary alicyclic amines) is 1. The zero-order valence-electron chi connectivity index (χ0n) is 19.4. The van der Waals surface area contributed by atoms with E-state index in [2.05, 4.69) is 10.6 Å².